The van der Waals surface area contributed by atoms with E-state index in [9.17, 15) is 14.7 Å². The number of amides is 1. The molecule has 1 amide bonds. The van der Waals surface area contributed by atoms with Crippen molar-refractivity contribution in [2.45, 2.75) is 12.5 Å². The lowest BCUT2D eigenvalue weighted by Gasteiger charge is -2.24. The summed E-state index contributed by atoms with van der Waals surface area (Å²) in [4.78, 5) is 28.6. The number of aliphatic hydroxyl groups is 1. The van der Waals surface area contributed by atoms with Crippen LogP contribution in [0.1, 0.15) is 22.0 Å². The predicted octanol–water partition coefficient (Wildman–Crippen LogP) is 4.90. The zero-order valence-corrected chi connectivity index (χ0v) is 18.4. The second-order valence-electron chi connectivity index (χ2n) is 7.91. The first-order valence-corrected chi connectivity index (χ1v) is 11.3. The zero-order chi connectivity index (χ0) is 22.2. The molecule has 1 aliphatic heterocycles. The van der Waals surface area contributed by atoms with Gasteiger partial charge in [-0.3, -0.25) is 9.59 Å². The smallest absolute Gasteiger partial charge is 0.295 e. The Balaban J connectivity index is 1.54. The van der Waals surface area contributed by atoms with E-state index >= 15 is 0 Å². The average Bonchev–Trinajstić information content (AvgIpc) is 3.52. The number of nitrogens with zero attached hydrogens (tertiary/aromatic N) is 2. The Hall–Kier alpha value is -3.64. The molecule has 4 aromatic rings. The molecule has 1 unspecified atom stereocenters. The molecule has 5 rings (SSSR count). The van der Waals surface area contributed by atoms with Crippen LogP contribution in [0, 0.1) is 0 Å². The van der Waals surface area contributed by atoms with Gasteiger partial charge in [0.15, 0.2) is 0 Å². The van der Waals surface area contributed by atoms with Gasteiger partial charge in [-0.25, -0.2) is 0 Å². The average molecular weight is 443 g/mol. The summed E-state index contributed by atoms with van der Waals surface area (Å²) in [7, 11) is 2.00. The van der Waals surface area contributed by atoms with Crippen LogP contribution in [-0.2, 0) is 23.1 Å². The third-order valence-corrected chi connectivity index (χ3v) is 6.93. The minimum atomic E-state index is -0.636. The molecule has 0 radical (unpaired) electrons. The number of rotatable bonds is 5. The fraction of sp³-hybridized carbons (Fsp3) is 0.154. The molecular formula is C26H22N2O3S. The van der Waals surface area contributed by atoms with Crippen molar-refractivity contribution in [3.63, 3.8) is 0 Å². The number of hydrogen-bond donors (Lipinski definition) is 1. The summed E-state index contributed by atoms with van der Waals surface area (Å²) in [6.45, 7) is 0.382. The molecule has 0 aliphatic carbocycles. The summed E-state index contributed by atoms with van der Waals surface area (Å²) >= 11 is 1.48. The second-order valence-corrected chi connectivity index (χ2v) is 8.89. The number of carbonyl (C=O) groups excluding carboxylic acids is 2. The fourth-order valence-corrected chi connectivity index (χ4v) is 5.32. The number of benzene rings is 2. The number of likely N-dealkylation sites (tertiary alicyclic amines) is 1. The summed E-state index contributed by atoms with van der Waals surface area (Å²) in [5.41, 5.74) is 2.93. The predicted molar refractivity (Wildman–Crippen MR) is 126 cm³/mol. The van der Waals surface area contributed by atoms with E-state index in [1.54, 1.807) is 29.2 Å². The van der Waals surface area contributed by atoms with Gasteiger partial charge in [-0.1, -0.05) is 54.6 Å². The highest BCUT2D eigenvalue weighted by molar-refractivity contribution is 7.10. The summed E-state index contributed by atoms with van der Waals surface area (Å²) in [6.07, 6.45) is 2.69. The van der Waals surface area contributed by atoms with Crippen molar-refractivity contribution in [1.29, 1.82) is 0 Å². The highest BCUT2D eigenvalue weighted by atomic mass is 32.1. The number of ketones is 1. The van der Waals surface area contributed by atoms with Crippen molar-refractivity contribution in [3.8, 4) is 0 Å². The van der Waals surface area contributed by atoms with Gasteiger partial charge in [0.25, 0.3) is 11.7 Å². The normalized spacial score (nSPS) is 18.0. The number of fused-ring (bicyclic) bond motifs is 1. The van der Waals surface area contributed by atoms with E-state index in [1.807, 2.05) is 42.8 Å². The maximum atomic E-state index is 13.1. The van der Waals surface area contributed by atoms with E-state index in [0.717, 1.165) is 21.3 Å². The van der Waals surface area contributed by atoms with Gasteiger partial charge in [-0.2, -0.15) is 0 Å². The fourth-order valence-electron chi connectivity index (χ4n) is 4.47. The highest BCUT2D eigenvalue weighted by Gasteiger charge is 2.46. The molecule has 1 saturated heterocycles. The number of para-hydroxylation sites is 1. The van der Waals surface area contributed by atoms with Crippen molar-refractivity contribution in [1.82, 2.24) is 9.47 Å². The largest absolute Gasteiger partial charge is 0.507 e. The minimum Gasteiger partial charge on any atom is -0.507 e. The van der Waals surface area contributed by atoms with E-state index in [4.69, 9.17) is 0 Å². The van der Waals surface area contributed by atoms with Crippen LogP contribution in [0.25, 0.3) is 16.7 Å². The van der Waals surface area contributed by atoms with Crippen molar-refractivity contribution in [2.75, 3.05) is 6.54 Å². The first kappa shape index (κ1) is 20.3. The van der Waals surface area contributed by atoms with Crippen LogP contribution in [-0.4, -0.2) is 32.8 Å². The molecular weight excluding hydrogens is 420 g/mol. The number of carbonyl (C=O) groups is 2. The van der Waals surface area contributed by atoms with E-state index in [2.05, 4.69) is 22.9 Å². The highest BCUT2D eigenvalue weighted by Crippen LogP contribution is 2.41. The van der Waals surface area contributed by atoms with Crippen molar-refractivity contribution in [2.24, 2.45) is 7.05 Å². The van der Waals surface area contributed by atoms with Crippen LogP contribution >= 0.6 is 11.3 Å². The van der Waals surface area contributed by atoms with E-state index < -0.39 is 17.7 Å². The third kappa shape index (κ3) is 3.33. The Labute approximate surface area is 189 Å². The van der Waals surface area contributed by atoms with Crippen LogP contribution < -0.4 is 0 Å². The van der Waals surface area contributed by atoms with Crippen LogP contribution in [0.2, 0.25) is 0 Å². The molecule has 160 valence electrons. The maximum Gasteiger partial charge on any atom is 0.295 e. The molecule has 1 atom stereocenters. The molecule has 0 spiro atoms. The standard InChI is InChI=1S/C26H22N2O3S/c1-27-16-18(19-10-5-6-11-20(19)27)13-14-28-23(21-12-7-15-32-21)22(25(30)26(28)31)24(29)17-8-3-2-4-9-17/h2-12,15-16,23,29H,13-14H2,1H3/b24-22-. The number of hydrogen-bond acceptors (Lipinski definition) is 4. The Morgan fingerprint density at radius 1 is 1.00 bits per heavy atom. The number of aliphatic hydroxyl groups excluding tert-OH is 1. The van der Waals surface area contributed by atoms with E-state index in [0.29, 0.717) is 18.5 Å². The molecule has 3 heterocycles. The molecule has 6 heteroatoms. The zero-order valence-electron chi connectivity index (χ0n) is 17.6. The Kier molecular flexibility index (Phi) is 5.15. The first-order valence-electron chi connectivity index (χ1n) is 10.5. The van der Waals surface area contributed by atoms with E-state index in [1.165, 1.54) is 11.3 Å². The third-order valence-electron chi connectivity index (χ3n) is 6.00. The quantitative estimate of drug-likeness (QED) is 0.272. The van der Waals surface area contributed by atoms with Crippen LogP contribution in [0.15, 0.2) is 83.9 Å². The molecule has 2 aromatic carbocycles. The number of aryl methyl sites for hydroxylation is 1. The van der Waals surface area contributed by atoms with Crippen LogP contribution in [0.5, 0.6) is 0 Å². The topological polar surface area (TPSA) is 62.5 Å². The Bertz CT molecular complexity index is 1340. The second kappa shape index (κ2) is 8.13. The van der Waals surface area contributed by atoms with Gasteiger partial charge in [0.1, 0.15) is 5.76 Å². The summed E-state index contributed by atoms with van der Waals surface area (Å²) in [5, 5.41) is 14.1. The van der Waals surface area contributed by atoms with E-state index in [-0.39, 0.29) is 11.3 Å². The van der Waals surface area contributed by atoms with Gasteiger partial charge in [-0.15, -0.1) is 11.3 Å². The number of thiophene rings is 1. The van der Waals surface area contributed by atoms with Crippen LogP contribution in [0.4, 0.5) is 0 Å². The number of aromatic nitrogens is 1. The minimum absolute atomic E-state index is 0.130. The van der Waals surface area contributed by atoms with Crippen molar-refractivity contribution < 1.29 is 14.7 Å². The molecule has 1 N–H and O–H groups in total. The molecule has 0 saturated carbocycles. The van der Waals surface area contributed by atoms with Gasteiger partial charge in [-0.05, 0) is 29.5 Å². The van der Waals surface area contributed by atoms with Crippen LogP contribution in [0.3, 0.4) is 0 Å². The lowest BCUT2D eigenvalue weighted by atomic mass is 10.00. The molecule has 32 heavy (non-hydrogen) atoms. The summed E-state index contributed by atoms with van der Waals surface area (Å²) < 4.78 is 2.07. The summed E-state index contributed by atoms with van der Waals surface area (Å²) in [5.74, 6) is -1.33. The SMILES string of the molecule is Cn1cc(CCN2C(=O)C(=O)/C(=C(\O)c3ccccc3)C2c2cccs2)c2ccccc21. The first-order chi connectivity index (χ1) is 15.6. The Morgan fingerprint density at radius 3 is 2.50 bits per heavy atom. The monoisotopic (exact) mass is 442 g/mol. The summed E-state index contributed by atoms with van der Waals surface area (Å²) in [6, 6.07) is 20.3. The molecule has 1 fully saturated rings. The van der Waals surface area contributed by atoms with Crippen molar-refractivity contribution >= 4 is 39.7 Å². The molecule has 5 nitrogen and oxygen atoms in total. The van der Waals surface area contributed by atoms with Gasteiger partial charge < -0.3 is 14.6 Å². The van der Waals surface area contributed by atoms with Gasteiger partial charge in [0, 0.05) is 41.1 Å². The lowest BCUT2D eigenvalue weighted by Crippen LogP contribution is -2.31. The van der Waals surface area contributed by atoms with Crippen molar-refractivity contribution in [3.05, 3.63) is 99.9 Å². The maximum absolute atomic E-state index is 13.1. The molecule has 0 bridgehead atoms. The molecule has 1 aliphatic rings. The lowest BCUT2D eigenvalue weighted by molar-refractivity contribution is -0.139. The van der Waals surface area contributed by atoms with Gasteiger partial charge >= 0.3 is 0 Å². The van der Waals surface area contributed by atoms with Gasteiger partial charge in [0.2, 0.25) is 0 Å². The van der Waals surface area contributed by atoms with Gasteiger partial charge in [0.05, 0.1) is 11.6 Å². The Morgan fingerprint density at radius 2 is 1.75 bits per heavy atom. The molecule has 2 aromatic heterocycles. The number of Topliss-reactive ketones (excluding diaryl/α,β-unsaturated/α-hetero) is 1.